The summed E-state index contributed by atoms with van der Waals surface area (Å²) in [5, 5.41) is 5.84. The van der Waals surface area contributed by atoms with E-state index in [9.17, 15) is 4.79 Å². The molecule has 4 N–H and O–H groups in total. The molecule has 5 heteroatoms. The Bertz CT molecular complexity index is 340. The highest BCUT2D eigenvalue weighted by Gasteiger charge is 2.03. The van der Waals surface area contributed by atoms with Crippen molar-refractivity contribution in [2.45, 2.75) is 13.0 Å². The van der Waals surface area contributed by atoms with Crippen LogP contribution in [0.25, 0.3) is 0 Å². The number of nitrogens with one attached hydrogen (secondary N) is 2. The van der Waals surface area contributed by atoms with E-state index >= 15 is 0 Å². The first-order chi connectivity index (χ1) is 7.59. The lowest BCUT2D eigenvalue weighted by Gasteiger charge is -2.14. The van der Waals surface area contributed by atoms with Gasteiger partial charge in [-0.3, -0.25) is 0 Å². The summed E-state index contributed by atoms with van der Waals surface area (Å²) in [6.07, 6.45) is 0. The quantitative estimate of drug-likeness (QED) is 0.566. The van der Waals surface area contributed by atoms with Crippen LogP contribution in [0.3, 0.4) is 0 Å². The van der Waals surface area contributed by atoms with Crippen molar-refractivity contribution < 1.29 is 4.79 Å². The van der Waals surface area contributed by atoms with Crippen molar-refractivity contribution in [3.63, 3.8) is 0 Å². The molecule has 0 bridgehead atoms. The molecule has 0 aliphatic rings. The Morgan fingerprint density at radius 3 is 2.56 bits per heavy atom. The molecule has 1 unspecified atom stereocenters. The van der Waals surface area contributed by atoms with Crippen molar-refractivity contribution in [3.05, 3.63) is 33.4 Å². The third-order valence-electron chi connectivity index (χ3n) is 2.24. The standard InChI is InChI=1S/C11H16IN3O/c1-8(14-6-7-15-11(13)16)9-2-4-10(12)5-3-9/h2-5,8,14H,6-7H2,1H3,(H3,13,15,16). The molecule has 0 aliphatic heterocycles. The molecule has 1 aromatic rings. The minimum absolute atomic E-state index is 0.270. The number of nitrogens with two attached hydrogens (primary N) is 1. The summed E-state index contributed by atoms with van der Waals surface area (Å²) in [4.78, 5) is 10.4. The Hall–Kier alpha value is -0.820. The molecule has 0 radical (unpaired) electrons. The Morgan fingerprint density at radius 1 is 1.38 bits per heavy atom. The molecule has 1 aromatic carbocycles. The number of rotatable bonds is 5. The van der Waals surface area contributed by atoms with E-state index in [0.29, 0.717) is 13.1 Å². The Balaban J connectivity index is 2.32. The summed E-state index contributed by atoms with van der Waals surface area (Å²) in [6.45, 7) is 3.34. The van der Waals surface area contributed by atoms with Crippen LogP contribution < -0.4 is 16.4 Å². The number of halogens is 1. The average Bonchev–Trinajstić information content (AvgIpc) is 2.25. The molecule has 1 rings (SSSR count). The minimum atomic E-state index is -0.483. The van der Waals surface area contributed by atoms with E-state index in [4.69, 9.17) is 5.73 Å². The summed E-state index contributed by atoms with van der Waals surface area (Å²) in [5.41, 5.74) is 6.19. The van der Waals surface area contributed by atoms with E-state index in [0.717, 1.165) is 0 Å². The van der Waals surface area contributed by atoms with Crippen LogP contribution in [0.1, 0.15) is 18.5 Å². The molecule has 2 amide bonds. The highest BCUT2D eigenvalue weighted by molar-refractivity contribution is 14.1. The summed E-state index contributed by atoms with van der Waals surface area (Å²) in [6, 6.07) is 8.14. The van der Waals surface area contributed by atoms with Crippen LogP contribution in [0.4, 0.5) is 4.79 Å². The predicted molar refractivity (Wildman–Crippen MR) is 73.2 cm³/mol. The highest BCUT2D eigenvalue weighted by Crippen LogP contribution is 2.13. The van der Waals surface area contributed by atoms with Crippen LogP contribution in [-0.4, -0.2) is 19.1 Å². The first kappa shape index (κ1) is 13.2. The SMILES string of the molecule is CC(NCCNC(N)=O)c1ccc(I)cc1. The normalized spacial score (nSPS) is 12.1. The van der Waals surface area contributed by atoms with Gasteiger partial charge in [-0.2, -0.15) is 0 Å². The second kappa shape index (κ2) is 6.70. The zero-order valence-corrected chi connectivity index (χ0v) is 11.3. The maximum absolute atomic E-state index is 10.4. The van der Waals surface area contributed by atoms with Gasteiger partial charge in [0.05, 0.1) is 0 Å². The fraction of sp³-hybridized carbons (Fsp3) is 0.364. The zero-order chi connectivity index (χ0) is 12.0. The summed E-state index contributed by atoms with van der Waals surface area (Å²) in [7, 11) is 0. The topological polar surface area (TPSA) is 67.2 Å². The van der Waals surface area contributed by atoms with Gasteiger partial charge in [0.2, 0.25) is 0 Å². The Kier molecular flexibility index (Phi) is 5.54. The lowest BCUT2D eigenvalue weighted by Crippen LogP contribution is -2.35. The summed E-state index contributed by atoms with van der Waals surface area (Å²) in [5.74, 6) is 0. The van der Waals surface area contributed by atoms with E-state index in [2.05, 4.69) is 64.4 Å². The van der Waals surface area contributed by atoms with Crippen molar-refractivity contribution >= 4 is 28.6 Å². The number of carbonyl (C=O) groups is 1. The van der Waals surface area contributed by atoms with Gasteiger partial charge in [-0.15, -0.1) is 0 Å². The van der Waals surface area contributed by atoms with Crippen LogP contribution in [0.2, 0.25) is 0 Å². The van der Waals surface area contributed by atoms with Gasteiger partial charge in [0, 0.05) is 22.7 Å². The molecule has 0 aromatic heterocycles. The monoisotopic (exact) mass is 333 g/mol. The van der Waals surface area contributed by atoms with E-state index in [-0.39, 0.29) is 6.04 Å². The summed E-state index contributed by atoms with van der Waals surface area (Å²) < 4.78 is 1.23. The lowest BCUT2D eigenvalue weighted by molar-refractivity contribution is 0.249. The van der Waals surface area contributed by atoms with Gasteiger partial charge in [0.15, 0.2) is 0 Å². The van der Waals surface area contributed by atoms with Crippen LogP contribution in [-0.2, 0) is 0 Å². The largest absolute Gasteiger partial charge is 0.352 e. The molecular weight excluding hydrogens is 317 g/mol. The Labute approximate surface area is 109 Å². The molecule has 0 saturated carbocycles. The van der Waals surface area contributed by atoms with Crippen molar-refractivity contribution in [2.24, 2.45) is 5.73 Å². The van der Waals surface area contributed by atoms with Gasteiger partial charge >= 0.3 is 6.03 Å². The van der Waals surface area contributed by atoms with Crippen LogP contribution in [0, 0.1) is 3.57 Å². The van der Waals surface area contributed by atoms with E-state index < -0.39 is 6.03 Å². The molecule has 16 heavy (non-hydrogen) atoms. The predicted octanol–water partition coefficient (Wildman–Crippen LogP) is 1.61. The molecule has 1 atom stereocenters. The first-order valence-corrected chi connectivity index (χ1v) is 6.19. The average molecular weight is 333 g/mol. The van der Waals surface area contributed by atoms with E-state index in [1.165, 1.54) is 9.13 Å². The van der Waals surface area contributed by atoms with Crippen molar-refractivity contribution in [1.29, 1.82) is 0 Å². The third-order valence-corrected chi connectivity index (χ3v) is 2.96. The maximum Gasteiger partial charge on any atom is 0.312 e. The molecule has 0 spiro atoms. The molecule has 0 heterocycles. The number of hydrogen-bond acceptors (Lipinski definition) is 2. The van der Waals surface area contributed by atoms with Gasteiger partial charge in [-0.1, -0.05) is 12.1 Å². The number of amides is 2. The number of hydrogen-bond donors (Lipinski definition) is 3. The van der Waals surface area contributed by atoms with E-state index in [1.807, 2.05) is 0 Å². The second-order valence-corrected chi connectivity index (χ2v) is 4.76. The maximum atomic E-state index is 10.4. The fourth-order valence-corrected chi connectivity index (χ4v) is 1.70. The van der Waals surface area contributed by atoms with Gasteiger partial charge in [-0.05, 0) is 47.2 Å². The number of primary amides is 1. The lowest BCUT2D eigenvalue weighted by atomic mass is 10.1. The van der Waals surface area contributed by atoms with Crippen LogP contribution >= 0.6 is 22.6 Å². The highest BCUT2D eigenvalue weighted by atomic mass is 127. The molecule has 0 aliphatic carbocycles. The number of carbonyl (C=O) groups excluding carboxylic acids is 1. The van der Waals surface area contributed by atoms with Crippen molar-refractivity contribution in [1.82, 2.24) is 10.6 Å². The van der Waals surface area contributed by atoms with Gasteiger partial charge in [-0.25, -0.2) is 4.79 Å². The molecule has 4 nitrogen and oxygen atoms in total. The molecule has 0 saturated heterocycles. The van der Waals surface area contributed by atoms with Crippen molar-refractivity contribution in [3.8, 4) is 0 Å². The zero-order valence-electron chi connectivity index (χ0n) is 9.16. The van der Waals surface area contributed by atoms with Gasteiger partial charge < -0.3 is 16.4 Å². The van der Waals surface area contributed by atoms with Crippen LogP contribution in [0.15, 0.2) is 24.3 Å². The second-order valence-electron chi connectivity index (χ2n) is 3.52. The Morgan fingerprint density at radius 2 is 2.00 bits per heavy atom. The molecule has 0 fully saturated rings. The smallest absolute Gasteiger partial charge is 0.312 e. The molecular formula is C11H16IN3O. The van der Waals surface area contributed by atoms with Crippen molar-refractivity contribution in [2.75, 3.05) is 13.1 Å². The van der Waals surface area contributed by atoms with Gasteiger partial charge in [0.1, 0.15) is 0 Å². The number of urea groups is 1. The third kappa shape index (κ3) is 4.80. The van der Waals surface area contributed by atoms with Crippen LogP contribution in [0.5, 0.6) is 0 Å². The number of benzene rings is 1. The minimum Gasteiger partial charge on any atom is -0.352 e. The van der Waals surface area contributed by atoms with E-state index in [1.54, 1.807) is 0 Å². The molecule has 88 valence electrons. The first-order valence-electron chi connectivity index (χ1n) is 5.11. The summed E-state index contributed by atoms with van der Waals surface area (Å²) >= 11 is 2.28. The fourth-order valence-electron chi connectivity index (χ4n) is 1.34. The van der Waals surface area contributed by atoms with Gasteiger partial charge in [0.25, 0.3) is 0 Å².